The number of nitrogens with zero attached hydrogens (tertiary/aromatic N) is 4. The van der Waals surface area contributed by atoms with Gasteiger partial charge in [-0.3, -0.25) is 14.9 Å². The highest BCUT2D eigenvalue weighted by Gasteiger charge is 2.38. The molecule has 38 heavy (non-hydrogen) atoms. The van der Waals surface area contributed by atoms with Gasteiger partial charge < -0.3 is 20.3 Å². The van der Waals surface area contributed by atoms with Crippen LogP contribution in [-0.2, 0) is 5.54 Å². The van der Waals surface area contributed by atoms with Crippen LogP contribution in [0.1, 0.15) is 47.6 Å². The van der Waals surface area contributed by atoms with Crippen molar-refractivity contribution in [1.82, 2.24) is 30.4 Å². The van der Waals surface area contributed by atoms with Crippen molar-refractivity contribution >= 4 is 11.6 Å². The lowest BCUT2D eigenvalue weighted by Crippen LogP contribution is -2.46. The Kier molecular flexibility index (Phi) is 7.37. The van der Waals surface area contributed by atoms with E-state index in [0.29, 0.717) is 11.4 Å². The van der Waals surface area contributed by atoms with Gasteiger partial charge >= 0.3 is 0 Å². The van der Waals surface area contributed by atoms with Crippen LogP contribution in [0.2, 0.25) is 0 Å². The summed E-state index contributed by atoms with van der Waals surface area (Å²) < 4.78 is 5.23. The highest BCUT2D eigenvalue weighted by Crippen LogP contribution is 2.35. The van der Waals surface area contributed by atoms with Gasteiger partial charge in [0.2, 0.25) is 0 Å². The molecule has 3 heterocycles. The predicted molar refractivity (Wildman–Crippen MR) is 147 cm³/mol. The molecule has 196 valence electrons. The van der Waals surface area contributed by atoms with Gasteiger partial charge in [0.15, 0.2) is 11.6 Å². The highest BCUT2D eigenvalue weighted by atomic mass is 16.5. The maximum Gasteiger partial charge on any atom is 0.251 e. The molecule has 2 aromatic carbocycles. The van der Waals surface area contributed by atoms with E-state index in [1.165, 1.54) is 0 Å². The fraction of sp³-hybridized carbons (Fsp3) is 0.310. The van der Waals surface area contributed by atoms with E-state index >= 15 is 0 Å². The van der Waals surface area contributed by atoms with Gasteiger partial charge in [-0.2, -0.15) is 5.10 Å². The van der Waals surface area contributed by atoms with Gasteiger partial charge in [0.1, 0.15) is 5.75 Å². The number of aromatic nitrogens is 4. The fourth-order valence-electron chi connectivity index (χ4n) is 4.80. The molecule has 0 spiro atoms. The first-order chi connectivity index (χ1) is 18.5. The number of ether oxygens (including phenoxy) is 1. The number of H-pyrrole nitrogens is 1. The zero-order valence-corrected chi connectivity index (χ0v) is 21.9. The normalized spacial score (nSPS) is 16.0. The molecular weight excluding hydrogens is 478 g/mol. The standard InChI is InChI=1S/C29H33N7O2/c1-20(21-7-9-25(38-3)10-8-21)31-27(37)23-5-4-6-24(19-23)33-29(13-17-36(2)18-14-29)28-32-26(34-35-28)22-11-15-30-16-12-22/h4-12,15-16,19-20,33H,13-14,17-18H2,1-3H3,(H,31,37)(H,32,34,35)/t20-/m0/s1. The second-order valence-corrected chi connectivity index (χ2v) is 9.80. The van der Waals surface area contributed by atoms with Crippen molar-refractivity contribution in [3.63, 3.8) is 0 Å². The number of anilines is 1. The lowest BCUT2D eigenvalue weighted by Gasteiger charge is -2.40. The van der Waals surface area contributed by atoms with E-state index in [4.69, 9.17) is 9.72 Å². The largest absolute Gasteiger partial charge is 0.497 e. The lowest BCUT2D eigenvalue weighted by molar-refractivity contribution is 0.0940. The molecular formula is C29H33N7O2. The average molecular weight is 512 g/mol. The maximum absolute atomic E-state index is 13.1. The van der Waals surface area contributed by atoms with Crippen LogP contribution in [0.3, 0.4) is 0 Å². The number of nitrogens with one attached hydrogen (secondary N) is 3. The molecule has 0 unspecified atom stereocenters. The van der Waals surface area contributed by atoms with Crippen molar-refractivity contribution in [2.24, 2.45) is 0 Å². The molecule has 2 aromatic heterocycles. The summed E-state index contributed by atoms with van der Waals surface area (Å²) in [5, 5.41) is 14.5. The van der Waals surface area contributed by atoms with Crippen LogP contribution in [0.5, 0.6) is 5.75 Å². The van der Waals surface area contributed by atoms with Crippen LogP contribution >= 0.6 is 0 Å². The van der Waals surface area contributed by atoms with Crippen LogP contribution in [0.25, 0.3) is 11.4 Å². The summed E-state index contributed by atoms with van der Waals surface area (Å²) in [5.41, 5.74) is 2.94. The van der Waals surface area contributed by atoms with Crippen molar-refractivity contribution in [2.75, 3.05) is 32.6 Å². The first kappa shape index (κ1) is 25.4. The Bertz CT molecular complexity index is 1360. The van der Waals surface area contributed by atoms with Gasteiger partial charge in [0.25, 0.3) is 5.91 Å². The van der Waals surface area contributed by atoms with Crippen molar-refractivity contribution in [1.29, 1.82) is 0 Å². The van der Waals surface area contributed by atoms with Gasteiger partial charge in [-0.15, -0.1) is 0 Å². The van der Waals surface area contributed by atoms with Crippen molar-refractivity contribution in [2.45, 2.75) is 31.3 Å². The SMILES string of the molecule is COc1ccc([C@H](C)NC(=O)c2cccc(NC3(c4nc(-c5ccncc5)n[nH]4)CCN(C)CC3)c2)cc1. The van der Waals surface area contributed by atoms with E-state index < -0.39 is 5.54 Å². The van der Waals surface area contributed by atoms with E-state index in [1.807, 2.05) is 67.6 Å². The molecule has 1 fully saturated rings. The molecule has 1 atom stereocenters. The lowest BCUT2D eigenvalue weighted by atomic mass is 9.86. The van der Waals surface area contributed by atoms with Crippen LogP contribution in [0.4, 0.5) is 5.69 Å². The van der Waals surface area contributed by atoms with Crippen molar-refractivity contribution < 1.29 is 9.53 Å². The van der Waals surface area contributed by atoms with Crippen LogP contribution in [0.15, 0.2) is 73.1 Å². The number of methoxy groups -OCH3 is 1. The first-order valence-electron chi connectivity index (χ1n) is 12.8. The Morgan fingerprint density at radius 2 is 1.82 bits per heavy atom. The second-order valence-electron chi connectivity index (χ2n) is 9.80. The summed E-state index contributed by atoms with van der Waals surface area (Å²) >= 11 is 0. The first-order valence-corrected chi connectivity index (χ1v) is 12.8. The molecule has 1 aliphatic rings. The second kappa shape index (κ2) is 11.0. The zero-order valence-electron chi connectivity index (χ0n) is 21.9. The average Bonchev–Trinajstić information content (AvgIpc) is 3.46. The molecule has 4 aromatic rings. The van der Waals surface area contributed by atoms with Crippen LogP contribution in [-0.4, -0.2) is 58.2 Å². The number of piperidine rings is 1. The number of hydrogen-bond acceptors (Lipinski definition) is 7. The molecule has 5 rings (SSSR count). The smallest absolute Gasteiger partial charge is 0.251 e. The summed E-state index contributed by atoms with van der Waals surface area (Å²) in [6.07, 6.45) is 5.17. The molecule has 1 saturated heterocycles. The van der Waals surface area contributed by atoms with Gasteiger partial charge in [0.05, 0.1) is 18.7 Å². The highest BCUT2D eigenvalue weighted by molar-refractivity contribution is 5.95. The Morgan fingerprint density at radius 3 is 2.53 bits per heavy atom. The fourth-order valence-corrected chi connectivity index (χ4v) is 4.80. The van der Waals surface area contributed by atoms with Gasteiger partial charge in [-0.05, 0) is 74.8 Å². The zero-order chi connectivity index (χ0) is 26.5. The van der Waals surface area contributed by atoms with Gasteiger partial charge in [0, 0.05) is 42.3 Å². The number of aromatic amines is 1. The number of likely N-dealkylation sites (tertiary alicyclic amines) is 1. The summed E-state index contributed by atoms with van der Waals surface area (Å²) in [4.78, 5) is 24.4. The van der Waals surface area contributed by atoms with Gasteiger partial charge in [-0.1, -0.05) is 18.2 Å². The Balaban J connectivity index is 1.35. The van der Waals surface area contributed by atoms with E-state index in [0.717, 1.165) is 54.3 Å². The summed E-state index contributed by atoms with van der Waals surface area (Å²) in [6, 6.07) is 19.0. The topological polar surface area (TPSA) is 108 Å². The summed E-state index contributed by atoms with van der Waals surface area (Å²) in [7, 11) is 3.76. The Morgan fingerprint density at radius 1 is 1.08 bits per heavy atom. The minimum absolute atomic E-state index is 0.131. The third kappa shape index (κ3) is 5.52. The molecule has 1 aliphatic heterocycles. The third-order valence-corrected chi connectivity index (χ3v) is 7.19. The van der Waals surface area contributed by atoms with E-state index in [-0.39, 0.29) is 11.9 Å². The van der Waals surface area contributed by atoms with Crippen LogP contribution < -0.4 is 15.4 Å². The minimum Gasteiger partial charge on any atom is -0.497 e. The minimum atomic E-state index is -0.434. The number of hydrogen-bond donors (Lipinski definition) is 3. The van der Waals surface area contributed by atoms with Gasteiger partial charge in [-0.25, -0.2) is 4.98 Å². The van der Waals surface area contributed by atoms with Crippen molar-refractivity contribution in [3.05, 3.63) is 90.0 Å². The predicted octanol–water partition coefficient (Wildman–Crippen LogP) is 4.40. The number of amides is 1. The van der Waals surface area contributed by atoms with E-state index in [2.05, 4.69) is 37.8 Å². The number of benzene rings is 2. The van der Waals surface area contributed by atoms with E-state index in [9.17, 15) is 4.79 Å². The maximum atomic E-state index is 13.1. The monoisotopic (exact) mass is 511 g/mol. The van der Waals surface area contributed by atoms with Crippen LogP contribution in [0, 0.1) is 0 Å². The number of carbonyl (C=O) groups is 1. The molecule has 9 nitrogen and oxygen atoms in total. The van der Waals surface area contributed by atoms with E-state index in [1.54, 1.807) is 19.5 Å². The molecule has 9 heteroatoms. The Labute approximate surface area is 222 Å². The molecule has 0 bridgehead atoms. The molecule has 0 saturated carbocycles. The number of carbonyl (C=O) groups excluding carboxylic acids is 1. The third-order valence-electron chi connectivity index (χ3n) is 7.19. The summed E-state index contributed by atoms with van der Waals surface area (Å²) in [6.45, 7) is 3.80. The van der Waals surface area contributed by atoms with Crippen molar-refractivity contribution in [3.8, 4) is 17.1 Å². The molecule has 3 N–H and O–H groups in total. The molecule has 1 amide bonds. The Hall–Kier alpha value is -4.24. The summed E-state index contributed by atoms with van der Waals surface area (Å²) in [5.74, 6) is 2.09. The molecule has 0 aliphatic carbocycles. The number of rotatable bonds is 8. The number of pyridine rings is 1. The quantitative estimate of drug-likeness (QED) is 0.322. The molecule has 0 radical (unpaired) electrons.